The molecule has 20 heavy (non-hydrogen) atoms. The van der Waals surface area contributed by atoms with Crippen molar-refractivity contribution >= 4 is 0 Å². The molecule has 2 nitrogen and oxygen atoms in total. The standard InChI is InChI=1S/C18H27NO/c1-14-4-6-15(7-5-14)16-12-19-13-18(20-16)10-8-17(2,3)9-11-18/h4-7,16,19H,8-13H2,1-3H3. The summed E-state index contributed by atoms with van der Waals surface area (Å²) >= 11 is 0. The number of morpholine rings is 1. The van der Waals surface area contributed by atoms with Gasteiger partial charge in [-0.1, -0.05) is 43.7 Å². The highest BCUT2D eigenvalue weighted by Gasteiger charge is 2.42. The van der Waals surface area contributed by atoms with Gasteiger partial charge >= 0.3 is 0 Å². The quantitative estimate of drug-likeness (QED) is 0.835. The fourth-order valence-electron chi connectivity index (χ4n) is 3.46. The number of aryl methyl sites for hydroxylation is 1. The van der Waals surface area contributed by atoms with Gasteiger partial charge < -0.3 is 10.1 Å². The van der Waals surface area contributed by atoms with Crippen LogP contribution in [0.1, 0.15) is 56.8 Å². The van der Waals surface area contributed by atoms with Crippen LogP contribution in [-0.4, -0.2) is 18.7 Å². The van der Waals surface area contributed by atoms with Gasteiger partial charge in [0.05, 0.1) is 11.7 Å². The topological polar surface area (TPSA) is 21.3 Å². The molecular formula is C18H27NO. The highest BCUT2D eigenvalue weighted by Crippen LogP contribution is 2.44. The Morgan fingerprint density at radius 1 is 1.05 bits per heavy atom. The van der Waals surface area contributed by atoms with Crippen LogP contribution in [0.15, 0.2) is 24.3 Å². The minimum atomic E-state index is 0.0727. The van der Waals surface area contributed by atoms with Gasteiger partial charge in [0.1, 0.15) is 0 Å². The minimum Gasteiger partial charge on any atom is -0.364 e. The number of hydrogen-bond acceptors (Lipinski definition) is 2. The van der Waals surface area contributed by atoms with Gasteiger partial charge in [-0.3, -0.25) is 0 Å². The average molecular weight is 273 g/mol. The molecule has 1 atom stereocenters. The van der Waals surface area contributed by atoms with E-state index >= 15 is 0 Å². The van der Waals surface area contributed by atoms with Crippen molar-refractivity contribution in [3.63, 3.8) is 0 Å². The Morgan fingerprint density at radius 3 is 2.35 bits per heavy atom. The molecule has 1 unspecified atom stereocenters. The molecule has 1 saturated carbocycles. The molecule has 2 heteroatoms. The van der Waals surface area contributed by atoms with E-state index in [0.29, 0.717) is 5.41 Å². The summed E-state index contributed by atoms with van der Waals surface area (Å²) in [6.45, 7) is 8.86. The Hall–Kier alpha value is -0.860. The average Bonchev–Trinajstić information content (AvgIpc) is 2.44. The van der Waals surface area contributed by atoms with E-state index in [0.717, 1.165) is 13.1 Å². The third-order valence-electron chi connectivity index (χ3n) is 5.13. The highest BCUT2D eigenvalue weighted by atomic mass is 16.5. The smallest absolute Gasteiger partial charge is 0.0957 e. The van der Waals surface area contributed by atoms with E-state index in [1.54, 1.807) is 0 Å². The summed E-state index contributed by atoms with van der Waals surface area (Å²) in [4.78, 5) is 0. The van der Waals surface area contributed by atoms with Crippen molar-refractivity contribution in [1.29, 1.82) is 0 Å². The molecule has 1 aliphatic heterocycles. The zero-order valence-electron chi connectivity index (χ0n) is 13.0. The van der Waals surface area contributed by atoms with Gasteiger partial charge in [0.25, 0.3) is 0 Å². The van der Waals surface area contributed by atoms with Gasteiger partial charge in [-0.25, -0.2) is 0 Å². The Bertz CT molecular complexity index is 453. The van der Waals surface area contributed by atoms with Crippen LogP contribution < -0.4 is 5.32 Å². The van der Waals surface area contributed by atoms with Crippen LogP contribution in [0.25, 0.3) is 0 Å². The van der Waals surface area contributed by atoms with Gasteiger partial charge in [-0.05, 0) is 43.6 Å². The van der Waals surface area contributed by atoms with Gasteiger partial charge in [-0.15, -0.1) is 0 Å². The summed E-state index contributed by atoms with van der Waals surface area (Å²) in [5.41, 5.74) is 3.19. The van der Waals surface area contributed by atoms with Crippen LogP contribution in [0.4, 0.5) is 0 Å². The first-order valence-corrected chi connectivity index (χ1v) is 7.93. The molecule has 1 saturated heterocycles. The second-order valence-corrected chi connectivity index (χ2v) is 7.50. The molecule has 1 N–H and O–H groups in total. The lowest BCUT2D eigenvalue weighted by atomic mass is 9.70. The Balaban J connectivity index is 1.72. The third-order valence-corrected chi connectivity index (χ3v) is 5.13. The maximum atomic E-state index is 6.57. The molecule has 1 aromatic rings. The molecule has 3 rings (SSSR count). The van der Waals surface area contributed by atoms with Crippen molar-refractivity contribution < 1.29 is 4.74 Å². The lowest BCUT2D eigenvalue weighted by Gasteiger charge is -2.48. The number of rotatable bonds is 1. The fourth-order valence-corrected chi connectivity index (χ4v) is 3.46. The Labute approximate surface area is 122 Å². The number of hydrogen-bond donors (Lipinski definition) is 1. The van der Waals surface area contributed by atoms with E-state index in [4.69, 9.17) is 4.74 Å². The number of ether oxygens (including phenoxy) is 1. The molecular weight excluding hydrogens is 246 g/mol. The van der Waals surface area contributed by atoms with Gasteiger partial charge in [0.15, 0.2) is 0 Å². The lowest BCUT2D eigenvalue weighted by Crippen LogP contribution is -2.53. The first kappa shape index (κ1) is 14.1. The highest BCUT2D eigenvalue weighted by molar-refractivity contribution is 5.24. The molecule has 0 aromatic heterocycles. The number of nitrogens with one attached hydrogen (secondary N) is 1. The Kier molecular flexibility index (Phi) is 3.64. The Morgan fingerprint density at radius 2 is 1.70 bits per heavy atom. The molecule has 1 aliphatic carbocycles. The molecule has 110 valence electrons. The van der Waals surface area contributed by atoms with Crippen LogP contribution in [0, 0.1) is 12.3 Å². The molecule has 2 fully saturated rings. The van der Waals surface area contributed by atoms with Crippen molar-refractivity contribution in [3.05, 3.63) is 35.4 Å². The summed E-state index contributed by atoms with van der Waals surface area (Å²) in [6, 6.07) is 8.80. The van der Waals surface area contributed by atoms with Crippen molar-refractivity contribution in [2.75, 3.05) is 13.1 Å². The molecule has 2 aliphatic rings. The van der Waals surface area contributed by atoms with Gasteiger partial charge in [0, 0.05) is 13.1 Å². The van der Waals surface area contributed by atoms with Crippen molar-refractivity contribution in [3.8, 4) is 0 Å². The first-order valence-electron chi connectivity index (χ1n) is 7.93. The third kappa shape index (κ3) is 2.91. The molecule has 0 bridgehead atoms. The van der Waals surface area contributed by atoms with E-state index in [-0.39, 0.29) is 11.7 Å². The lowest BCUT2D eigenvalue weighted by molar-refractivity contribution is -0.147. The van der Waals surface area contributed by atoms with E-state index in [1.807, 2.05) is 0 Å². The second-order valence-electron chi connectivity index (χ2n) is 7.50. The zero-order valence-corrected chi connectivity index (χ0v) is 13.0. The van der Waals surface area contributed by atoms with Crippen LogP contribution in [0.3, 0.4) is 0 Å². The van der Waals surface area contributed by atoms with Crippen molar-refractivity contribution in [1.82, 2.24) is 5.32 Å². The summed E-state index contributed by atoms with van der Waals surface area (Å²) in [7, 11) is 0. The largest absolute Gasteiger partial charge is 0.364 e. The zero-order chi connectivity index (χ0) is 14.2. The van der Waals surface area contributed by atoms with Crippen molar-refractivity contribution in [2.24, 2.45) is 5.41 Å². The van der Waals surface area contributed by atoms with Gasteiger partial charge in [-0.2, -0.15) is 0 Å². The van der Waals surface area contributed by atoms with Crippen LogP contribution in [0.2, 0.25) is 0 Å². The summed E-state index contributed by atoms with van der Waals surface area (Å²) in [5, 5.41) is 3.61. The second kappa shape index (κ2) is 5.16. The predicted molar refractivity (Wildman–Crippen MR) is 82.9 cm³/mol. The molecule has 0 amide bonds. The first-order chi connectivity index (χ1) is 9.48. The molecule has 0 radical (unpaired) electrons. The van der Waals surface area contributed by atoms with Crippen LogP contribution in [0.5, 0.6) is 0 Å². The number of benzene rings is 1. The molecule has 1 spiro atoms. The molecule has 1 heterocycles. The normalized spacial score (nSPS) is 28.4. The fraction of sp³-hybridized carbons (Fsp3) is 0.667. The summed E-state index contributed by atoms with van der Waals surface area (Å²) in [6.07, 6.45) is 5.14. The predicted octanol–water partition coefficient (Wildman–Crippen LogP) is 3.99. The van der Waals surface area contributed by atoms with Crippen molar-refractivity contribution in [2.45, 2.75) is 58.2 Å². The maximum Gasteiger partial charge on any atom is 0.0957 e. The van der Waals surface area contributed by atoms with E-state index < -0.39 is 0 Å². The van der Waals surface area contributed by atoms with E-state index in [2.05, 4.69) is 50.4 Å². The minimum absolute atomic E-state index is 0.0727. The maximum absolute atomic E-state index is 6.57. The SMILES string of the molecule is Cc1ccc(C2CNCC3(CCC(C)(C)CC3)O2)cc1. The van der Waals surface area contributed by atoms with Crippen LogP contribution in [-0.2, 0) is 4.74 Å². The molecule has 1 aromatic carbocycles. The monoisotopic (exact) mass is 273 g/mol. The summed E-state index contributed by atoms with van der Waals surface area (Å²) in [5.74, 6) is 0. The summed E-state index contributed by atoms with van der Waals surface area (Å²) < 4.78 is 6.57. The van der Waals surface area contributed by atoms with Crippen LogP contribution >= 0.6 is 0 Å². The van der Waals surface area contributed by atoms with E-state index in [1.165, 1.54) is 36.8 Å². The van der Waals surface area contributed by atoms with Gasteiger partial charge in [0.2, 0.25) is 0 Å². The van der Waals surface area contributed by atoms with E-state index in [9.17, 15) is 0 Å².